The van der Waals surface area contributed by atoms with Crippen LogP contribution in [-0.2, 0) is 13.6 Å². The molecular formula is C57H56BBr4FN9O9P. The van der Waals surface area contributed by atoms with Crippen LogP contribution in [0.1, 0.15) is 35.6 Å². The number of fused-ring (bicyclic) bond motifs is 6. The molecule has 0 aliphatic rings. The number of pyridine rings is 5. The maximum absolute atomic E-state index is 12.9. The average molecular weight is 1390 g/mol. The lowest BCUT2D eigenvalue weighted by atomic mass is 9.81. The van der Waals surface area contributed by atoms with Gasteiger partial charge in [-0.2, -0.15) is 4.39 Å². The van der Waals surface area contributed by atoms with E-state index >= 15 is 0 Å². The molecule has 25 heteroatoms. The number of hydrogen-bond donors (Lipinski definition) is 4. The first-order valence-corrected chi connectivity index (χ1v) is 28.2. The summed E-state index contributed by atoms with van der Waals surface area (Å²) in [4.78, 5) is 46.4. The highest BCUT2D eigenvalue weighted by atomic mass is 79.9. The molecule has 7 heterocycles. The monoisotopic (exact) mass is 1390 g/mol. The van der Waals surface area contributed by atoms with E-state index in [0.29, 0.717) is 35.3 Å². The summed E-state index contributed by atoms with van der Waals surface area (Å²) in [7, 11) is -2.43. The number of aromatic nitrogens is 7. The first-order chi connectivity index (χ1) is 38.6. The molecule has 0 fully saturated rings. The summed E-state index contributed by atoms with van der Waals surface area (Å²) in [6.45, 7) is 7.71. The largest absolute Gasteiger partial charge is 0.488 e. The molecule has 7 aromatic heterocycles. The fraction of sp³-hybridized carbons (Fsp3) is 0.140. The van der Waals surface area contributed by atoms with Crippen molar-refractivity contribution in [2.24, 2.45) is 0 Å². The van der Waals surface area contributed by atoms with Crippen molar-refractivity contribution in [3.63, 3.8) is 0 Å². The van der Waals surface area contributed by atoms with Crippen LogP contribution in [0.5, 0.6) is 0 Å². The first kappa shape index (κ1) is 67.7. The number of rotatable bonds is 11. The van der Waals surface area contributed by atoms with Crippen LogP contribution in [0.4, 0.5) is 15.8 Å². The summed E-state index contributed by atoms with van der Waals surface area (Å²) < 4.78 is 31.7. The Hall–Kier alpha value is -6.83. The SMILES string of the molecule is Brc1ccc2c(c1)[nH]c1ccncc12.C.C.CCOP(OCC)OCC.Fc1ccc(-c2ccc3c(c2)[nH]c2ccncc23)cn1.O=[N+]([O-])c1ccncc1-c1ccc(Br)cc1.O=[N+]([O-])c1ccncc1Br.OB(O)c1ccc(Br)cc1. The van der Waals surface area contributed by atoms with Gasteiger partial charge in [-0.3, -0.25) is 40.2 Å². The van der Waals surface area contributed by atoms with Gasteiger partial charge in [-0.15, -0.1) is 0 Å². The molecule has 0 bridgehead atoms. The molecule has 4 N–H and O–H groups in total. The molecule has 0 saturated carbocycles. The molecular weight excluding hydrogens is 1340 g/mol. The summed E-state index contributed by atoms with van der Waals surface area (Å²) in [6.07, 6.45) is 14.5. The van der Waals surface area contributed by atoms with Crippen LogP contribution in [0.2, 0.25) is 0 Å². The summed E-state index contributed by atoms with van der Waals surface area (Å²) >= 11 is 13.0. The van der Waals surface area contributed by atoms with E-state index in [0.717, 1.165) is 62.9 Å². The Labute approximate surface area is 508 Å². The lowest BCUT2D eigenvalue weighted by Gasteiger charge is -2.12. The molecule has 0 saturated heterocycles. The number of hydrogen-bond acceptors (Lipinski definition) is 14. The standard InChI is InChI=1S/C16H10FN3.C11H7BrN2O2.C11H7BrN2.C6H6BBrO2.C6H15O3P.C5H3BrN2O2.2CH4/c17-16-4-2-11(8-19-16)10-1-3-12-13-9-18-6-5-14(13)20-15(12)7-10;12-9-3-1-8(2-4-9)10-7-13-6-5-11(10)14(15)16;12-7-1-2-8-9-6-13-4-3-10(9)14-11(8)5-7;8-6-3-1-5(2-4-6)7(9)10;1-4-7-10(8-5-2)9-6-3;6-4-3-7-2-1-5(4)8(9)10;;/h1-9,20H;1-7H;1-6,14H;1-4,9-10H;4-6H2,1-3H3;1-3H;2*1H4. The molecule has 0 aliphatic carbocycles. The Morgan fingerprint density at radius 2 is 0.976 bits per heavy atom. The fourth-order valence-corrected chi connectivity index (χ4v) is 9.31. The predicted octanol–water partition coefficient (Wildman–Crippen LogP) is 16.3. The lowest BCUT2D eigenvalue weighted by molar-refractivity contribution is -0.385. The van der Waals surface area contributed by atoms with Crippen molar-refractivity contribution in [1.29, 1.82) is 0 Å². The lowest BCUT2D eigenvalue weighted by Crippen LogP contribution is -2.29. The van der Waals surface area contributed by atoms with Gasteiger partial charge >= 0.3 is 15.7 Å². The Morgan fingerprint density at radius 3 is 1.46 bits per heavy atom. The average Bonchev–Trinajstić information content (AvgIpc) is 4.16. The topological polar surface area (TPSA) is 250 Å². The van der Waals surface area contributed by atoms with Gasteiger partial charge in [0.1, 0.15) is 4.47 Å². The Bertz CT molecular complexity index is 3750. The van der Waals surface area contributed by atoms with Crippen molar-refractivity contribution in [2.75, 3.05) is 19.8 Å². The molecule has 18 nitrogen and oxygen atoms in total. The summed E-state index contributed by atoms with van der Waals surface area (Å²) in [6, 6.07) is 36.2. The highest BCUT2D eigenvalue weighted by molar-refractivity contribution is 9.11. The molecule has 0 radical (unpaired) electrons. The van der Waals surface area contributed by atoms with E-state index in [1.54, 1.807) is 48.9 Å². The quantitative estimate of drug-likeness (QED) is 0.0309. The maximum Gasteiger partial charge on any atom is 0.488 e. The molecule has 4 aromatic carbocycles. The van der Waals surface area contributed by atoms with Gasteiger partial charge in [0.25, 0.3) is 11.4 Å². The van der Waals surface area contributed by atoms with Gasteiger partial charge in [0.15, 0.2) is 0 Å². The minimum Gasteiger partial charge on any atom is -0.423 e. The van der Waals surface area contributed by atoms with Gasteiger partial charge < -0.3 is 33.6 Å². The minimum absolute atomic E-state index is 0. The number of aromatic amines is 2. The summed E-state index contributed by atoms with van der Waals surface area (Å²) in [5.41, 5.74) is 8.18. The van der Waals surface area contributed by atoms with Gasteiger partial charge in [0.2, 0.25) is 5.95 Å². The van der Waals surface area contributed by atoms with Crippen molar-refractivity contribution in [3.8, 4) is 22.3 Å². The van der Waals surface area contributed by atoms with E-state index in [-0.39, 0.29) is 26.2 Å². The van der Waals surface area contributed by atoms with Crippen LogP contribution in [0.25, 0.3) is 65.9 Å². The van der Waals surface area contributed by atoms with Gasteiger partial charge in [-0.05, 0) is 120 Å². The molecule has 426 valence electrons. The van der Waals surface area contributed by atoms with E-state index < -0.39 is 31.5 Å². The van der Waals surface area contributed by atoms with E-state index in [1.807, 2.05) is 87.8 Å². The zero-order valence-electron chi connectivity index (χ0n) is 42.7. The molecule has 0 amide bonds. The number of nitrogens with one attached hydrogen (secondary N) is 2. The second kappa shape index (κ2) is 34.6. The third-order valence-electron chi connectivity index (χ3n) is 10.8. The van der Waals surface area contributed by atoms with Crippen LogP contribution in [0, 0.1) is 26.2 Å². The van der Waals surface area contributed by atoms with Crippen LogP contribution in [0.3, 0.4) is 0 Å². The zero-order chi connectivity index (χ0) is 57.6. The second-order valence-electron chi connectivity index (χ2n) is 16.1. The summed E-state index contributed by atoms with van der Waals surface area (Å²) in [5, 5.41) is 42.9. The van der Waals surface area contributed by atoms with Crippen LogP contribution in [0.15, 0.2) is 195 Å². The summed E-state index contributed by atoms with van der Waals surface area (Å²) in [5.74, 6) is -0.466. The van der Waals surface area contributed by atoms with E-state index in [9.17, 15) is 24.6 Å². The predicted molar refractivity (Wildman–Crippen MR) is 340 cm³/mol. The smallest absolute Gasteiger partial charge is 0.423 e. The third-order valence-corrected chi connectivity index (χ3v) is 14.4. The van der Waals surface area contributed by atoms with Gasteiger partial charge in [-0.25, -0.2) is 4.98 Å². The normalized spacial score (nSPS) is 10.2. The van der Waals surface area contributed by atoms with Gasteiger partial charge in [0.05, 0.1) is 35.2 Å². The van der Waals surface area contributed by atoms with Gasteiger partial charge in [-0.1, -0.05) is 105 Å². The molecule has 0 aliphatic heterocycles. The highest BCUT2D eigenvalue weighted by Crippen LogP contribution is 2.39. The number of nitrogens with zero attached hydrogens (tertiary/aromatic N) is 7. The molecule has 82 heavy (non-hydrogen) atoms. The Balaban J connectivity index is 0.000000215. The molecule has 0 atom stereocenters. The Morgan fingerprint density at radius 1 is 0.524 bits per heavy atom. The van der Waals surface area contributed by atoms with E-state index in [1.165, 1.54) is 53.8 Å². The molecule has 11 aromatic rings. The minimum atomic E-state index is -1.37. The third kappa shape index (κ3) is 20.0. The molecule has 11 rings (SSSR count). The maximum atomic E-state index is 12.9. The zero-order valence-corrected chi connectivity index (χ0v) is 49.9. The Kier molecular flexibility index (Phi) is 28.5. The molecule has 0 unspecified atom stereocenters. The highest BCUT2D eigenvalue weighted by Gasteiger charge is 2.15. The van der Waals surface area contributed by atoms with Crippen molar-refractivity contribution in [1.82, 2.24) is 34.9 Å². The number of nitro groups is 2. The number of benzene rings is 4. The second-order valence-corrected chi connectivity index (χ2v) is 20.9. The van der Waals surface area contributed by atoms with Crippen molar-refractivity contribution >= 4 is 140 Å². The van der Waals surface area contributed by atoms with Crippen molar-refractivity contribution < 1.29 is 37.9 Å². The van der Waals surface area contributed by atoms with Gasteiger partial charge in [0, 0.05) is 130 Å². The number of H-pyrrole nitrogens is 2. The van der Waals surface area contributed by atoms with Crippen LogP contribution < -0.4 is 5.46 Å². The van der Waals surface area contributed by atoms with E-state index in [4.69, 9.17) is 23.6 Å². The number of halogens is 5. The van der Waals surface area contributed by atoms with Crippen molar-refractivity contribution in [3.05, 3.63) is 221 Å². The van der Waals surface area contributed by atoms with Crippen LogP contribution >= 0.6 is 72.3 Å². The van der Waals surface area contributed by atoms with Crippen molar-refractivity contribution in [2.45, 2.75) is 35.6 Å². The molecule has 0 spiro atoms. The first-order valence-electron chi connectivity index (χ1n) is 24.0. The fourth-order valence-electron chi connectivity index (χ4n) is 7.17. The van der Waals surface area contributed by atoms with Crippen LogP contribution in [-0.4, -0.2) is 81.7 Å². The van der Waals surface area contributed by atoms with E-state index in [2.05, 4.69) is 117 Å².